The van der Waals surface area contributed by atoms with E-state index in [1.54, 1.807) is 42.6 Å². The quantitative estimate of drug-likeness (QED) is 0.792. The predicted molar refractivity (Wildman–Crippen MR) is 86.9 cm³/mol. The fourth-order valence-corrected chi connectivity index (χ4v) is 3.07. The molecule has 0 saturated carbocycles. The Morgan fingerprint density at radius 3 is 2.30 bits per heavy atom. The Morgan fingerprint density at radius 1 is 0.870 bits per heavy atom. The summed E-state index contributed by atoms with van der Waals surface area (Å²) < 4.78 is 0. The van der Waals surface area contributed by atoms with E-state index in [-0.39, 0.29) is 5.91 Å². The number of carbonyl (C=O) groups is 1. The molecule has 4 nitrogen and oxygen atoms in total. The van der Waals surface area contributed by atoms with Crippen LogP contribution in [0.1, 0.15) is 21.5 Å². The van der Waals surface area contributed by atoms with Crippen molar-refractivity contribution >= 4 is 11.7 Å². The molecule has 1 aliphatic heterocycles. The SMILES string of the molecule is O=C1c2ccccc2[C@@](O)(c2ccccc2)N1c1ccccn1. The van der Waals surface area contributed by atoms with Crippen LogP contribution in [0.15, 0.2) is 79.0 Å². The van der Waals surface area contributed by atoms with Crippen molar-refractivity contribution in [3.05, 3.63) is 95.7 Å². The summed E-state index contributed by atoms with van der Waals surface area (Å²) in [5.74, 6) is 0.158. The molecule has 1 atom stereocenters. The van der Waals surface area contributed by atoms with Crippen LogP contribution < -0.4 is 4.90 Å². The monoisotopic (exact) mass is 302 g/mol. The standard InChI is InChI=1S/C19H14N2O2/c22-18-15-10-4-5-11-16(15)19(23,14-8-2-1-3-9-14)21(18)17-12-6-7-13-20-17/h1-13,23H/t19-/m0/s1. The molecule has 1 aromatic heterocycles. The number of nitrogens with zero attached hydrogens (tertiary/aromatic N) is 2. The van der Waals surface area contributed by atoms with Crippen LogP contribution in [0.5, 0.6) is 0 Å². The maximum Gasteiger partial charge on any atom is 0.262 e. The predicted octanol–water partition coefficient (Wildman–Crippen LogP) is 2.94. The van der Waals surface area contributed by atoms with Crippen LogP contribution >= 0.6 is 0 Å². The first kappa shape index (κ1) is 13.7. The first-order valence-electron chi connectivity index (χ1n) is 7.36. The summed E-state index contributed by atoms with van der Waals surface area (Å²) in [4.78, 5) is 18.5. The van der Waals surface area contributed by atoms with Crippen LogP contribution in [-0.4, -0.2) is 16.0 Å². The molecule has 23 heavy (non-hydrogen) atoms. The molecule has 1 aliphatic rings. The number of fused-ring (bicyclic) bond motifs is 1. The summed E-state index contributed by atoms with van der Waals surface area (Å²) >= 11 is 0. The number of aromatic nitrogens is 1. The zero-order valence-corrected chi connectivity index (χ0v) is 12.3. The van der Waals surface area contributed by atoms with Gasteiger partial charge in [-0.2, -0.15) is 0 Å². The van der Waals surface area contributed by atoms with Crippen molar-refractivity contribution in [2.75, 3.05) is 4.90 Å². The van der Waals surface area contributed by atoms with Gasteiger partial charge in [-0.15, -0.1) is 0 Å². The van der Waals surface area contributed by atoms with Gasteiger partial charge in [0.05, 0.1) is 0 Å². The Hall–Kier alpha value is -2.98. The lowest BCUT2D eigenvalue weighted by Crippen LogP contribution is -2.45. The van der Waals surface area contributed by atoms with E-state index in [4.69, 9.17) is 0 Å². The number of hydrogen-bond acceptors (Lipinski definition) is 3. The zero-order chi connectivity index (χ0) is 15.9. The van der Waals surface area contributed by atoms with E-state index >= 15 is 0 Å². The molecule has 2 aromatic carbocycles. The van der Waals surface area contributed by atoms with Gasteiger partial charge in [0, 0.05) is 22.9 Å². The van der Waals surface area contributed by atoms with Crippen molar-refractivity contribution in [2.45, 2.75) is 5.72 Å². The van der Waals surface area contributed by atoms with Gasteiger partial charge in [0.1, 0.15) is 5.82 Å². The highest BCUT2D eigenvalue weighted by molar-refractivity contribution is 6.11. The molecular weight excluding hydrogens is 288 g/mol. The van der Waals surface area contributed by atoms with Crippen LogP contribution in [0.4, 0.5) is 5.82 Å². The van der Waals surface area contributed by atoms with Gasteiger partial charge in [0.15, 0.2) is 5.72 Å². The molecule has 0 bridgehead atoms. The van der Waals surface area contributed by atoms with E-state index in [1.165, 1.54) is 4.90 Å². The second kappa shape index (κ2) is 5.04. The van der Waals surface area contributed by atoms with Gasteiger partial charge in [-0.05, 0) is 18.2 Å². The average molecular weight is 302 g/mol. The molecule has 0 unspecified atom stereocenters. The second-order valence-electron chi connectivity index (χ2n) is 5.41. The highest BCUT2D eigenvalue weighted by atomic mass is 16.3. The molecule has 1 N–H and O–H groups in total. The molecule has 4 heteroatoms. The minimum Gasteiger partial charge on any atom is -0.363 e. The van der Waals surface area contributed by atoms with Crippen molar-refractivity contribution in [1.82, 2.24) is 4.98 Å². The summed E-state index contributed by atoms with van der Waals surface area (Å²) in [5.41, 5.74) is 0.124. The molecular formula is C19H14N2O2. The summed E-state index contributed by atoms with van der Waals surface area (Å²) in [7, 11) is 0. The number of hydrogen-bond donors (Lipinski definition) is 1. The molecule has 3 aromatic rings. The topological polar surface area (TPSA) is 53.4 Å². The summed E-state index contributed by atoms with van der Waals surface area (Å²) in [5, 5.41) is 11.6. The van der Waals surface area contributed by atoms with Gasteiger partial charge >= 0.3 is 0 Å². The van der Waals surface area contributed by atoms with Crippen LogP contribution in [0.3, 0.4) is 0 Å². The maximum atomic E-state index is 12.9. The highest BCUT2D eigenvalue weighted by Crippen LogP contribution is 2.43. The van der Waals surface area contributed by atoms with Crippen molar-refractivity contribution in [2.24, 2.45) is 0 Å². The third-order valence-electron chi connectivity index (χ3n) is 4.11. The Bertz CT molecular complexity index is 865. The third kappa shape index (κ3) is 1.89. The van der Waals surface area contributed by atoms with E-state index in [2.05, 4.69) is 4.98 Å². The van der Waals surface area contributed by atoms with E-state index in [0.29, 0.717) is 22.5 Å². The van der Waals surface area contributed by atoms with Crippen LogP contribution in [-0.2, 0) is 5.72 Å². The number of pyridine rings is 1. The fraction of sp³-hybridized carbons (Fsp3) is 0.0526. The molecule has 2 heterocycles. The van der Waals surface area contributed by atoms with Gasteiger partial charge in [0.2, 0.25) is 0 Å². The van der Waals surface area contributed by atoms with Crippen molar-refractivity contribution in [3.63, 3.8) is 0 Å². The molecule has 0 fully saturated rings. The normalized spacial score (nSPS) is 19.7. The van der Waals surface area contributed by atoms with E-state index < -0.39 is 5.72 Å². The number of aliphatic hydroxyl groups is 1. The van der Waals surface area contributed by atoms with Gasteiger partial charge in [-0.25, -0.2) is 4.98 Å². The smallest absolute Gasteiger partial charge is 0.262 e. The summed E-state index contributed by atoms with van der Waals surface area (Å²) in [6.07, 6.45) is 1.61. The first-order chi connectivity index (χ1) is 11.2. The minimum atomic E-state index is -1.57. The van der Waals surface area contributed by atoms with E-state index in [0.717, 1.165) is 0 Å². The molecule has 0 aliphatic carbocycles. The first-order valence-corrected chi connectivity index (χ1v) is 7.36. The Kier molecular flexibility index (Phi) is 2.99. The average Bonchev–Trinajstić information content (AvgIpc) is 2.86. The Morgan fingerprint density at radius 2 is 1.57 bits per heavy atom. The zero-order valence-electron chi connectivity index (χ0n) is 12.3. The Labute approximate surface area is 133 Å². The largest absolute Gasteiger partial charge is 0.363 e. The van der Waals surface area contributed by atoms with Gasteiger partial charge in [0.25, 0.3) is 5.91 Å². The van der Waals surface area contributed by atoms with Gasteiger partial charge in [-0.1, -0.05) is 54.6 Å². The summed E-state index contributed by atoms with van der Waals surface area (Å²) in [6.45, 7) is 0. The highest BCUT2D eigenvalue weighted by Gasteiger charge is 2.51. The van der Waals surface area contributed by atoms with Crippen molar-refractivity contribution < 1.29 is 9.90 Å². The number of rotatable bonds is 2. The lowest BCUT2D eigenvalue weighted by atomic mass is 9.94. The fourth-order valence-electron chi connectivity index (χ4n) is 3.07. The van der Waals surface area contributed by atoms with Crippen molar-refractivity contribution in [3.8, 4) is 0 Å². The summed E-state index contributed by atoms with van der Waals surface area (Å²) in [6, 6.07) is 21.6. The molecule has 4 rings (SSSR count). The second-order valence-corrected chi connectivity index (χ2v) is 5.41. The lowest BCUT2D eigenvalue weighted by Gasteiger charge is -2.33. The van der Waals surface area contributed by atoms with Crippen LogP contribution in [0.25, 0.3) is 0 Å². The van der Waals surface area contributed by atoms with Crippen molar-refractivity contribution in [1.29, 1.82) is 0 Å². The number of carbonyl (C=O) groups excluding carboxylic acids is 1. The minimum absolute atomic E-state index is 0.259. The van der Waals surface area contributed by atoms with E-state index in [9.17, 15) is 9.90 Å². The maximum absolute atomic E-state index is 12.9. The molecule has 1 amide bonds. The number of benzene rings is 2. The molecule has 0 spiro atoms. The molecule has 0 radical (unpaired) electrons. The van der Waals surface area contributed by atoms with Crippen LogP contribution in [0, 0.1) is 0 Å². The molecule has 112 valence electrons. The van der Waals surface area contributed by atoms with Gasteiger partial charge in [-0.3, -0.25) is 9.69 Å². The Balaban J connectivity index is 2.01. The van der Waals surface area contributed by atoms with E-state index in [1.807, 2.05) is 36.4 Å². The lowest BCUT2D eigenvalue weighted by molar-refractivity contribution is 0.0698. The van der Waals surface area contributed by atoms with Gasteiger partial charge < -0.3 is 5.11 Å². The van der Waals surface area contributed by atoms with Crippen LogP contribution in [0.2, 0.25) is 0 Å². The molecule has 0 saturated heterocycles. The number of amides is 1. The third-order valence-corrected chi connectivity index (χ3v) is 4.11. The number of anilines is 1.